The van der Waals surface area contributed by atoms with Gasteiger partial charge in [-0.05, 0) is 73.8 Å². The van der Waals surface area contributed by atoms with Crippen LogP contribution in [0.5, 0.6) is 0 Å². The average Bonchev–Trinajstić information content (AvgIpc) is 3.01. The Balaban J connectivity index is 4.09. The Morgan fingerprint density at radius 2 is 0.778 bits per heavy atom. The van der Waals surface area contributed by atoms with Crippen LogP contribution in [0.25, 0.3) is 0 Å². The second-order valence-electron chi connectivity index (χ2n) is 13.5. The van der Waals surface area contributed by atoms with Gasteiger partial charge in [-0.25, -0.2) is 0 Å². The van der Waals surface area contributed by atoms with Crippen molar-refractivity contribution in [1.82, 2.24) is 0 Å². The van der Waals surface area contributed by atoms with E-state index in [1.54, 1.807) is 0 Å². The Morgan fingerprint density at radius 3 is 1.11 bits per heavy atom. The van der Waals surface area contributed by atoms with Gasteiger partial charge in [0, 0.05) is 26.1 Å². The van der Waals surface area contributed by atoms with Gasteiger partial charge in [-0.1, -0.05) is 130 Å². The first-order chi connectivity index (χ1) is 21.9. The molecular weight excluding hydrogens is 601 g/mol. The van der Waals surface area contributed by atoms with Crippen molar-refractivity contribution in [2.24, 2.45) is 23.7 Å². The minimum Gasteiger partial charge on any atom is -0.502 e. The molecule has 268 valence electrons. The first-order valence-electron chi connectivity index (χ1n) is 19.0. The standard InChI is InChI=1S/C38H74O5S2/c1-5-9-11-13-15-17-19-33(7-3)29-35(31-37(39)44)21-23-41-25-27-43-28-26-42-24-22-36(32-38(40)45)30-34(8-4)20-18-16-14-12-10-6-2/h33-36H,5-32H2,1-4H3,(H,39,44)(H,40,45). The maximum Gasteiger partial charge on any atom is 0.156 e. The maximum atomic E-state index is 9.79. The normalized spacial score (nSPS) is 14.3. The van der Waals surface area contributed by atoms with Crippen molar-refractivity contribution in [1.29, 1.82) is 0 Å². The van der Waals surface area contributed by atoms with Gasteiger partial charge in [0.25, 0.3) is 0 Å². The van der Waals surface area contributed by atoms with Gasteiger partial charge in [0.1, 0.15) is 0 Å². The summed E-state index contributed by atoms with van der Waals surface area (Å²) in [6.45, 7) is 12.7. The van der Waals surface area contributed by atoms with Crippen LogP contribution in [0.1, 0.15) is 169 Å². The van der Waals surface area contributed by atoms with E-state index < -0.39 is 0 Å². The van der Waals surface area contributed by atoms with E-state index in [0.29, 0.717) is 76.2 Å². The fourth-order valence-corrected chi connectivity index (χ4v) is 6.96. The summed E-state index contributed by atoms with van der Waals surface area (Å²) < 4.78 is 17.5. The molecule has 7 heteroatoms. The lowest BCUT2D eigenvalue weighted by molar-refractivity contribution is 0.00941. The van der Waals surface area contributed by atoms with Crippen molar-refractivity contribution in [2.45, 2.75) is 169 Å². The number of rotatable bonds is 36. The molecule has 0 aliphatic heterocycles. The molecule has 0 amide bonds. The largest absolute Gasteiger partial charge is 0.502 e. The molecule has 0 spiro atoms. The van der Waals surface area contributed by atoms with E-state index in [2.05, 4.69) is 27.7 Å². The van der Waals surface area contributed by atoms with Gasteiger partial charge in [-0.2, -0.15) is 0 Å². The summed E-state index contributed by atoms with van der Waals surface area (Å²) in [4.78, 5) is 0. The summed E-state index contributed by atoms with van der Waals surface area (Å²) in [6.07, 6.45) is 26.3. The van der Waals surface area contributed by atoms with Crippen LogP contribution < -0.4 is 0 Å². The fraction of sp³-hybridized carbons (Fsp3) is 0.947. The number of hydrogen-bond donors (Lipinski definition) is 2. The zero-order valence-corrected chi connectivity index (χ0v) is 31.7. The number of hydrogen-bond acceptors (Lipinski definition) is 5. The molecular formula is C38H74O5S2. The molecule has 0 bridgehead atoms. The third-order valence-electron chi connectivity index (χ3n) is 9.43. The van der Waals surface area contributed by atoms with Gasteiger partial charge < -0.3 is 24.4 Å². The van der Waals surface area contributed by atoms with Crippen LogP contribution in [-0.2, 0) is 14.2 Å². The molecule has 0 aromatic heterocycles. The summed E-state index contributed by atoms with van der Waals surface area (Å²) in [7, 11) is 0. The van der Waals surface area contributed by atoms with E-state index in [4.69, 9.17) is 38.6 Å². The average molecular weight is 675 g/mol. The summed E-state index contributed by atoms with van der Waals surface area (Å²) in [5, 5.41) is 19.8. The molecule has 0 saturated heterocycles. The first kappa shape index (κ1) is 44.7. The minimum absolute atomic E-state index is 0.126. The van der Waals surface area contributed by atoms with E-state index in [0.717, 1.165) is 25.7 Å². The number of aliphatic hydroxyl groups excluding tert-OH is 2. The van der Waals surface area contributed by atoms with Gasteiger partial charge in [0.05, 0.1) is 26.4 Å². The Hall–Kier alpha value is -0.340. The highest BCUT2D eigenvalue weighted by Crippen LogP contribution is 2.28. The molecule has 0 fully saturated rings. The first-order valence-corrected chi connectivity index (χ1v) is 19.8. The second-order valence-corrected chi connectivity index (χ2v) is 14.4. The molecule has 0 rings (SSSR count). The van der Waals surface area contributed by atoms with Crippen molar-refractivity contribution in [3.05, 3.63) is 0 Å². The van der Waals surface area contributed by atoms with E-state index in [1.807, 2.05) is 0 Å². The number of aliphatic hydroxyl groups is 2. The molecule has 0 aliphatic rings. The van der Waals surface area contributed by atoms with Crippen molar-refractivity contribution in [3.63, 3.8) is 0 Å². The summed E-state index contributed by atoms with van der Waals surface area (Å²) in [6, 6.07) is 0. The molecule has 0 aromatic rings. The van der Waals surface area contributed by atoms with E-state index in [-0.39, 0.29) is 10.1 Å². The van der Waals surface area contributed by atoms with Crippen molar-refractivity contribution >= 4 is 34.5 Å². The zero-order chi connectivity index (χ0) is 33.4. The number of thiocarbonyl (C=S) groups is 2. The zero-order valence-electron chi connectivity index (χ0n) is 30.0. The highest BCUT2D eigenvalue weighted by atomic mass is 32.1. The Bertz CT molecular complexity index is 608. The number of unbranched alkanes of at least 4 members (excludes halogenated alkanes) is 10. The summed E-state index contributed by atoms with van der Waals surface area (Å²) >= 11 is 10.1. The molecule has 0 saturated carbocycles. The Kier molecular flexibility index (Phi) is 33.3. The minimum atomic E-state index is 0.126. The fourth-order valence-electron chi connectivity index (χ4n) is 6.49. The number of ether oxygens (including phenoxy) is 3. The third-order valence-corrected chi connectivity index (χ3v) is 9.76. The van der Waals surface area contributed by atoms with E-state index in [1.165, 1.54) is 103 Å². The highest BCUT2D eigenvalue weighted by molar-refractivity contribution is 7.80. The molecule has 4 atom stereocenters. The predicted octanol–water partition coefficient (Wildman–Crippen LogP) is 11.9. The van der Waals surface area contributed by atoms with Crippen LogP contribution in [0, 0.1) is 23.7 Å². The lowest BCUT2D eigenvalue weighted by Gasteiger charge is -2.22. The SMILES string of the molecule is CCCCCCCCC(CC)CC(CCOCCOCCOCCC(CC(O)=S)CC(CC)CCCCCCCC)CC(O)=S. The van der Waals surface area contributed by atoms with Crippen LogP contribution >= 0.6 is 24.4 Å². The lowest BCUT2D eigenvalue weighted by atomic mass is 9.85. The Labute approximate surface area is 290 Å². The van der Waals surface area contributed by atoms with Gasteiger partial charge in [0.2, 0.25) is 0 Å². The van der Waals surface area contributed by atoms with Gasteiger partial charge >= 0.3 is 0 Å². The van der Waals surface area contributed by atoms with E-state index in [9.17, 15) is 10.2 Å². The Morgan fingerprint density at radius 1 is 0.444 bits per heavy atom. The summed E-state index contributed by atoms with van der Waals surface area (Å²) in [5.74, 6) is 2.17. The molecule has 0 aromatic carbocycles. The molecule has 5 nitrogen and oxygen atoms in total. The van der Waals surface area contributed by atoms with Gasteiger partial charge in [0.15, 0.2) is 10.1 Å². The topological polar surface area (TPSA) is 68.2 Å². The smallest absolute Gasteiger partial charge is 0.156 e. The van der Waals surface area contributed by atoms with Crippen LogP contribution in [0.2, 0.25) is 0 Å². The van der Waals surface area contributed by atoms with Crippen LogP contribution in [-0.4, -0.2) is 60.0 Å². The van der Waals surface area contributed by atoms with Crippen molar-refractivity contribution in [2.75, 3.05) is 39.6 Å². The van der Waals surface area contributed by atoms with Gasteiger partial charge in [-0.3, -0.25) is 0 Å². The molecule has 0 heterocycles. The second kappa shape index (κ2) is 33.6. The molecule has 45 heavy (non-hydrogen) atoms. The monoisotopic (exact) mass is 674 g/mol. The van der Waals surface area contributed by atoms with E-state index >= 15 is 0 Å². The lowest BCUT2D eigenvalue weighted by Crippen LogP contribution is -2.16. The van der Waals surface area contributed by atoms with Gasteiger partial charge in [-0.15, -0.1) is 0 Å². The van der Waals surface area contributed by atoms with Crippen molar-refractivity contribution in [3.8, 4) is 0 Å². The third kappa shape index (κ3) is 30.7. The van der Waals surface area contributed by atoms with Crippen molar-refractivity contribution < 1.29 is 24.4 Å². The maximum absolute atomic E-state index is 9.79. The molecule has 0 radical (unpaired) electrons. The quantitative estimate of drug-likeness (QED) is 0.0506. The van der Waals surface area contributed by atoms with Crippen LogP contribution in [0.3, 0.4) is 0 Å². The van der Waals surface area contributed by atoms with Crippen LogP contribution in [0.15, 0.2) is 0 Å². The molecule has 2 N–H and O–H groups in total. The molecule has 4 unspecified atom stereocenters. The van der Waals surface area contributed by atoms with Crippen LogP contribution in [0.4, 0.5) is 0 Å². The highest BCUT2D eigenvalue weighted by Gasteiger charge is 2.18. The predicted molar refractivity (Wildman–Crippen MR) is 201 cm³/mol. The molecule has 0 aliphatic carbocycles. The summed E-state index contributed by atoms with van der Waals surface area (Å²) in [5.41, 5.74) is 0.